The number of hydrogen-bond acceptors (Lipinski definition) is 6. The largest absolute Gasteiger partial charge is 0.417 e. The van der Waals surface area contributed by atoms with Gasteiger partial charge in [0.2, 0.25) is 5.88 Å². The molecule has 142 valence electrons. The molecule has 3 rings (SSSR count). The second kappa shape index (κ2) is 7.31. The molecule has 2 aromatic heterocycles. The predicted molar refractivity (Wildman–Crippen MR) is 94.3 cm³/mol. The molecule has 1 aliphatic carbocycles. The van der Waals surface area contributed by atoms with E-state index in [1.165, 1.54) is 10.8 Å². The van der Waals surface area contributed by atoms with Crippen LogP contribution in [0.1, 0.15) is 42.8 Å². The molecule has 0 saturated heterocycles. The molecule has 1 N–H and O–H groups in total. The highest BCUT2D eigenvalue weighted by molar-refractivity contribution is 5.60. The van der Waals surface area contributed by atoms with Crippen LogP contribution in [0, 0.1) is 31.1 Å². The van der Waals surface area contributed by atoms with E-state index in [-0.39, 0.29) is 29.0 Å². The summed E-state index contributed by atoms with van der Waals surface area (Å²) in [6.45, 7) is 2.14. The van der Waals surface area contributed by atoms with Crippen LogP contribution in [0.5, 0.6) is 5.88 Å². The minimum Gasteiger partial charge on any atom is -0.417 e. The molecule has 0 radical (unpaired) electrons. The van der Waals surface area contributed by atoms with Gasteiger partial charge in [-0.05, 0) is 45.6 Å². The molecule has 0 bridgehead atoms. The Labute approximate surface area is 154 Å². The average molecular weight is 375 g/mol. The summed E-state index contributed by atoms with van der Waals surface area (Å²) in [5.41, 5.74) is 0.940. The number of alkyl halides is 2. The maximum Gasteiger partial charge on any atom is 0.388 e. The summed E-state index contributed by atoms with van der Waals surface area (Å²) in [6.07, 6.45) is 3.56. The molecule has 1 aliphatic rings. The lowest BCUT2D eigenvalue weighted by Crippen LogP contribution is -2.28. The van der Waals surface area contributed by atoms with Gasteiger partial charge in [-0.2, -0.15) is 14.0 Å². The van der Waals surface area contributed by atoms with Crippen molar-refractivity contribution in [3.8, 4) is 11.9 Å². The Bertz CT molecular complexity index is 963. The monoisotopic (exact) mass is 375 g/mol. The average Bonchev–Trinajstić information content (AvgIpc) is 3.45. The highest BCUT2D eigenvalue weighted by atomic mass is 19.3. The Hall–Kier alpha value is -3.02. The first-order chi connectivity index (χ1) is 12.8. The van der Waals surface area contributed by atoms with Crippen molar-refractivity contribution < 1.29 is 13.5 Å². The van der Waals surface area contributed by atoms with Crippen molar-refractivity contribution in [2.45, 2.75) is 46.3 Å². The van der Waals surface area contributed by atoms with Gasteiger partial charge in [-0.15, -0.1) is 0 Å². The van der Waals surface area contributed by atoms with Crippen LogP contribution in [0.2, 0.25) is 0 Å². The van der Waals surface area contributed by atoms with Crippen molar-refractivity contribution in [2.24, 2.45) is 5.92 Å². The van der Waals surface area contributed by atoms with Gasteiger partial charge in [0, 0.05) is 17.8 Å². The molecule has 0 spiro atoms. The number of rotatable bonds is 6. The molecule has 1 saturated carbocycles. The van der Waals surface area contributed by atoms with Gasteiger partial charge in [0.15, 0.2) is 11.5 Å². The third kappa shape index (κ3) is 4.05. The molecule has 1 atom stereocenters. The molecule has 2 heterocycles. The van der Waals surface area contributed by atoms with E-state index in [1.807, 2.05) is 13.0 Å². The van der Waals surface area contributed by atoms with Gasteiger partial charge in [-0.3, -0.25) is 4.79 Å². The van der Waals surface area contributed by atoms with Crippen LogP contribution in [0.15, 0.2) is 17.1 Å². The van der Waals surface area contributed by atoms with E-state index in [0.717, 1.165) is 12.8 Å². The van der Waals surface area contributed by atoms with Crippen LogP contribution in [0.25, 0.3) is 0 Å². The van der Waals surface area contributed by atoms with Crippen molar-refractivity contribution in [2.75, 3.05) is 5.32 Å². The fraction of sp³-hybridized carbons (Fsp3) is 0.444. The minimum atomic E-state index is -2.97. The van der Waals surface area contributed by atoms with Crippen LogP contribution in [-0.4, -0.2) is 21.1 Å². The zero-order chi connectivity index (χ0) is 19.7. The number of nitrogens with zero attached hydrogens (tertiary/aromatic N) is 4. The maximum atomic E-state index is 12.8. The molecular formula is C18H19F2N5O2. The summed E-state index contributed by atoms with van der Waals surface area (Å²) >= 11 is 0. The molecule has 0 aromatic carbocycles. The van der Waals surface area contributed by atoms with Gasteiger partial charge < -0.3 is 14.6 Å². The lowest BCUT2D eigenvalue weighted by molar-refractivity contribution is -0.0533. The maximum absolute atomic E-state index is 12.8. The Morgan fingerprint density at radius 3 is 2.67 bits per heavy atom. The van der Waals surface area contributed by atoms with Gasteiger partial charge in [-0.1, -0.05) is 0 Å². The Balaban J connectivity index is 1.98. The van der Waals surface area contributed by atoms with E-state index in [4.69, 9.17) is 0 Å². The Morgan fingerprint density at radius 1 is 1.37 bits per heavy atom. The number of aryl methyl sites for hydroxylation is 2. The SMILES string of the molecule is Cc1cc(Nc2nc(C#N)cn([C@H](C)C3CC3)c2=O)c(C)nc1OC(F)F. The second-order valence-electron chi connectivity index (χ2n) is 6.62. The van der Waals surface area contributed by atoms with Crippen LogP contribution in [-0.2, 0) is 0 Å². The molecule has 7 nitrogen and oxygen atoms in total. The van der Waals surface area contributed by atoms with Crippen molar-refractivity contribution in [3.63, 3.8) is 0 Å². The summed E-state index contributed by atoms with van der Waals surface area (Å²) in [4.78, 5) is 20.9. The lowest BCUT2D eigenvalue weighted by atomic mass is 10.2. The van der Waals surface area contributed by atoms with Gasteiger partial charge in [-0.25, -0.2) is 9.97 Å². The van der Waals surface area contributed by atoms with Gasteiger partial charge in [0.05, 0.1) is 11.4 Å². The summed E-state index contributed by atoms with van der Waals surface area (Å²) in [5, 5.41) is 12.1. The minimum absolute atomic E-state index is 0.00613. The lowest BCUT2D eigenvalue weighted by Gasteiger charge is -2.17. The number of halogens is 2. The van der Waals surface area contributed by atoms with Crippen molar-refractivity contribution >= 4 is 11.5 Å². The van der Waals surface area contributed by atoms with Gasteiger partial charge in [0.25, 0.3) is 5.56 Å². The normalized spacial score (nSPS) is 14.7. The number of pyridine rings is 1. The molecule has 2 aromatic rings. The smallest absolute Gasteiger partial charge is 0.388 e. The third-order valence-electron chi connectivity index (χ3n) is 4.60. The quantitative estimate of drug-likeness (QED) is 0.831. The molecular weight excluding hydrogens is 356 g/mol. The topological polar surface area (TPSA) is 92.8 Å². The summed E-state index contributed by atoms with van der Waals surface area (Å²) in [6, 6.07) is 3.48. The van der Waals surface area contributed by atoms with E-state index in [2.05, 4.69) is 20.0 Å². The van der Waals surface area contributed by atoms with E-state index < -0.39 is 6.61 Å². The first-order valence-electron chi connectivity index (χ1n) is 8.53. The van der Waals surface area contributed by atoms with E-state index >= 15 is 0 Å². The fourth-order valence-electron chi connectivity index (χ4n) is 2.89. The third-order valence-corrected chi connectivity index (χ3v) is 4.60. The Morgan fingerprint density at radius 2 is 2.07 bits per heavy atom. The second-order valence-corrected chi connectivity index (χ2v) is 6.62. The molecule has 0 aliphatic heterocycles. The van der Waals surface area contributed by atoms with Gasteiger partial charge in [0.1, 0.15) is 6.07 Å². The van der Waals surface area contributed by atoms with Crippen molar-refractivity contribution in [3.05, 3.63) is 39.6 Å². The standard InChI is InChI=1S/C18H19F2N5O2/c1-9-6-14(10(2)22-16(9)27-18(19)20)24-15-17(26)25(8-13(7-21)23-15)11(3)12-4-5-12/h6,8,11-12,18H,4-5H2,1-3H3,(H,23,24)/t11-/m1/s1. The van der Waals surface area contributed by atoms with E-state index in [9.17, 15) is 18.8 Å². The molecule has 27 heavy (non-hydrogen) atoms. The summed E-state index contributed by atoms with van der Waals surface area (Å²) in [5.74, 6) is 0.237. The van der Waals surface area contributed by atoms with Crippen molar-refractivity contribution in [1.82, 2.24) is 14.5 Å². The highest BCUT2D eigenvalue weighted by Gasteiger charge is 2.30. The van der Waals surface area contributed by atoms with Crippen LogP contribution in [0.3, 0.4) is 0 Å². The number of nitrogens with one attached hydrogen (secondary N) is 1. The van der Waals surface area contributed by atoms with E-state index in [0.29, 0.717) is 22.9 Å². The summed E-state index contributed by atoms with van der Waals surface area (Å²) in [7, 11) is 0. The highest BCUT2D eigenvalue weighted by Crippen LogP contribution is 2.38. The van der Waals surface area contributed by atoms with Crippen LogP contribution >= 0.6 is 0 Å². The summed E-state index contributed by atoms with van der Waals surface area (Å²) < 4.78 is 30.8. The zero-order valence-electron chi connectivity index (χ0n) is 15.2. The number of aromatic nitrogens is 3. The first kappa shape index (κ1) is 18.8. The number of hydrogen-bond donors (Lipinski definition) is 1. The van der Waals surface area contributed by atoms with Gasteiger partial charge >= 0.3 is 6.61 Å². The number of ether oxygens (including phenoxy) is 1. The molecule has 1 fully saturated rings. The first-order valence-corrected chi connectivity index (χ1v) is 8.53. The number of anilines is 2. The van der Waals surface area contributed by atoms with E-state index in [1.54, 1.807) is 19.9 Å². The molecule has 9 heteroatoms. The Kier molecular flexibility index (Phi) is 5.08. The molecule has 0 amide bonds. The fourth-order valence-corrected chi connectivity index (χ4v) is 2.89. The zero-order valence-corrected chi connectivity index (χ0v) is 15.2. The number of nitriles is 1. The van der Waals surface area contributed by atoms with Crippen molar-refractivity contribution in [1.29, 1.82) is 5.26 Å². The van der Waals surface area contributed by atoms with Crippen LogP contribution < -0.4 is 15.6 Å². The predicted octanol–water partition coefficient (Wildman–Crippen LogP) is 3.44. The molecule has 0 unspecified atom stereocenters. The van der Waals surface area contributed by atoms with Crippen LogP contribution in [0.4, 0.5) is 20.3 Å².